The van der Waals surface area contributed by atoms with Gasteiger partial charge in [0.25, 0.3) is 0 Å². The standard InChI is InChI=1S/C22H27NO3/c1-2-3-14-25-22(24)26-19-15-20(23-16-19)21(17-10-6-4-7-11-17)18-12-8-5-9-13-18/h4-13,19-21,23H,2-3,14-16H2,1H3/t19-,20-/m1/s1. The van der Waals surface area contributed by atoms with E-state index in [1.165, 1.54) is 11.1 Å². The third-order valence-corrected chi connectivity index (χ3v) is 4.82. The van der Waals surface area contributed by atoms with Gasteiger partial charge < -0.3 is 14.8 Å². The molecule has 138 valence electrons. The van der Waals surface area contributed by atoms with Crippen LogP contribution in [0.4, 0.5) is 4.79 Å². The fourth-order valence-electron chi connectivity index (χ4n) is 3.52. The van der Waals surface area contributed by atoms with E-state index in [0.29, 0.717) is 13.2 Å². The second-order valence-electron chi connectivity index (χ2n) is 6.74. The number of carbonyl (C=O) groups excluding carboxylic acids is 1. The quantitative estimate of drug-likeness (QED) is 0.588. The van der Waals surface area contributed by atoms with Crippen molar-refractivity contribution in [1.82, 2.24) is 5.32 Å². The molecule has 1 aliphatic heterocycles. The Morgan fingerprint density at radius 2 is 1.69 bits per heavy atom. The first kappa shape index (κ1) is 18.5. The fraction of sp³-hybridized carbons (Fsp3) is 0.409. The maximum Gasteiger partial charge on any atom is 0.508 e. The number of hydrogen-bond donors (Lipinski definition) is 1. The van der Waals surface area contributed by atoms with Gasteiger partial charge in [-0.2, -0.15) is 0 Å². The van der Waals surface area contributed by atoms with Gasteiger partial charge in [-0.15, -0.1) is 0 Å². The molecule has 1 heterocycles. The van der Waals surface area contributed by atoms with Crippen molar-refractivity contribution >= 4 is 6.16 Å². The van der Waals surface area contributed by atoms with Gasteiger partial charge in [0.1, 0.15) is 6.10 Å². The molecule has 2 aromatic carbocycles. The van der Waals surface area contributed by atoms with Gasteiger partial charge in [-0.05, 0) is 17.5 Å². The smallest absolute Gasteiger partial charge is 0.434 e. The van der Waals surface area contributed by atoms with Crippen LogP contribution in [0.1, 0.15) is 43.2 Å². The summed E-state index contributed by atoms with van der Waals surface area (Å²) in [7, 11) is 0. The monoisotopic (exact) mass is 353 g/mol. The molecule has 1 fully saturated rings. The largest absolute Gasteiger partial charge is 0.508 e. The lowest BCUT2D eigenvalue weighted by molar-refractivity contribution is 0.0282. The van der Waals surface area contributed by atoms with Crippen LogP contribution < -0.4 is 5.32 Å². The van der Waals surface area contributed by atoms with Crippen LogP contribution in [0.2, 0.25) is 0 Å². The van der Waals surface area contributed by atoms with E-state index in [4.69, 9.17) is 9.47 Å². The maximum atomic E-state index is 11.8. The summed E-state index contributed by atoms with van der Waals surface area (Å²) >= 11 is 0. The molecule has 0 radical (unpaired) electrons. The first-order valence-electron chi connectivity index (χ1n) is 9.44. The van der Waals surface area contributed by atoms with E-state index in [9.17, 15) is 4.79 Å². The molecule has 2 aromatic rings. The van der Waals surface area contributed by atoms with Gasteiger partial charge in [0, 0.05) is 24.9 Å². The van der Waals surface area contributed by atoms with Crippen LogP contribution in [0.5, 0.6) is 0 Å². The van der Waals surface area contributed by atoms with Crippen LogP contribution in [0.15, 0.2) is 60.7 Å². The summed E-state index contributed by atoms with van der Waals surface area (Å²) in [6, 6.07) is 21.2. The topological polar surface area (TPSA) is 47.6 Å². The molecule has 0 bridgehead atoms. The van der Waals surface area contributed by atoms with E-state index in [2.05, 4.69) is 60.8 Å². The summed E-state index contributed by atoms with van der Waals surface area (Å²) in [5.41, 5.74) is 2.53. The summed E-state index contributed by atoms with van der Waals surface area (Å²) in [6.07, 6.45) is 1.93. The van der Waals surface area contributed by atoms with Gasteiger partial charge in [-0.1, -0.05) is 74.0 Å². The van der Waals surface area contributed by atoms with Crippen molar-refractivity contribution in [3.63, 3.8) is 0 Å². The fourth-order valence-corrected chi connectivity index (χ4v) is 3.52. The minimum Gasteiger partial charge on any atom is -0.434 e. The molecule has 0 spiro atoms. The zero-order valence-electron chi connectivity index (χ0n) is 15.3. The molecule has 0 amide bonds. The molecular formula is C22H27NO3. The predicted molar refractivity (Wildman–Crippen MR) is 102 cm³/mol. The summed E-state index contributed by atoms with van der Waals surface area (Å²) in [6.45, 7) is 3.15. The van der Waals surface area contributed by atoms with Crippen molar-refractivity contribution in [2.45, 2.75) is 44.2 Å². The number of rotatable bonds is 7. The first-order chi connectivity index (χ1) is 12.8. The molecule has 0 saturated carbocycles. The van der Waals surface area contributed by atoms with Gasteiger partial charge in [-0.25, -0.2) is 4.79 Å². The average molecular weight is 353 g/mol. The Morgan fingerprint density at radius 3 is 2.27 bits per heavy atom. The SMILES string of the molecule is CCCCOC(=O)O[C@H]1CN[C@@H](C(c2ccccc2)c2ccccc2)C1. The Hall–Kier alpha value is -2.33. The summed E-state index contributed by atoms with van der Waals surface area (Å²) < 4.78 is 10.6. The Morgan fingerprint density at radius 1 is 1.08 bits per heavy atom. The van der Waals surface area contributed by atoms with Gasteiger partial charge in [0.05, 0.1) is 6.61 Å². The van der Waals surface area contributed by atoms with Crippen LogP contribution >= 0.6 is 0 Å². The normalized spacial score (nSPS) is 19.5. The molecule has 26 heavy (non-hydrogen) atoms. The second-order valence-corrected chi connectivity index (χ2v) is 6.74. The lowest BCUT2D eigenvalue weighted by Crippen LogP contribution is -2.29. The molecule has 0 aliphatic carbocycles. The molecule has 4 nitrogen and oxygen atoms in total. The minimum atomic E-state index is -0.554. The average Bonchev–Trinajstić information content (AvgIpc) is 3.12. The molecule has 4 heteroatoms. The van der Waals surface area contributed by atoms with Crippen molar-refractivity contribution in [2.24, 2.45) is 0 Å². The first-order valence-corrected chi connectivity index (χ1v) is 9.44. The third-order valence-electron chi connectivity index (χ3n) is 4.82. The van der Waals surface area contributed by atoms with E-state index in [1.807, 2.05) is 12.1 Å². The number of benzene rings is 2. The van der Waals surface area contributed by atoms with E-state index in [1.54, 1.807) is 0 Å². The second kappa shape index (κ2) is 9.39. The van der Waals surface area contributed by atoms with Crippen molar-refractivity contribution in [3.8, 4) is 0 Å². The summed E-state index contributed by atoms with van der Waals surface area (Å²) in [5.74, 6) is 0.224. The molecule has 0 unspecified atom stereocenters. The molecule has 2 atom stereocenters. The van der Waals surface area contributed by atoms with E-state index >= 15 is 0 Å². The molecule has 0 aromatic heterocycles. The van der Waals surface area contributed by atoms with Gasteiger partial charge >= 0.3 is 6.16 Å². The van der Waals surface area contributed by atoms with Crippen LogP contribution in [-0.2, 0) is 9.47 Å². The molecule has 3 rings (SSSR count). The van der Waals surface area contributed by atoms with E-state index < -0.39 is 6.16 Å². The minimum absolute atomic E-state index is 0.149. The zero-order chi connectivity index (χ0) is 18.2. The highest BCUT2D eigenvalue weighted by Crippen LogP contribution is 2.32. The van der Waals surface area contributed by atoms with Crippen LogP contribution in [-0.4, -0.2) is 31.5 Å². The van der Waals surface area contributed by atoms with Gasteiger partial charge in [-0.3, -0.25) is 0 Å². The predicted octanol–water partition coefficient (Wildman–Crippen LogP) is 4.50. The molecule has 1 aliphatic rings. The molecule has 1 N–H and O–H groups in total. The summed E-state index contributed by atoms with van der Waals surface area (Å²) in [4.78, 5) is 11.8. The Balaban J connectivity index is 1.66. The highest BCUT2D eigenvalue weighted by atomic mass is 16.7. The Bertz CT molecular complexity index is 635. The Kier molecular flexibility index (Phi) is 6.67. The molecular weight excluding hydrogens is 326 g/mol. The third kappa shape index (κ3) is 4.85. The molecule has 1 saturated heterocycles. The van der Waals surface area contributed by atoms with Gasteiger partial charge in [0.2, 0.25) is 0 Å². The van der Waals surface area contributed by atoms with Crippen LogP contribution in [0.3, 0.4) is 0 Å². The highest BCUT2D eigenvalue weighted by Gasteiger charge is 2.34. The summed E-state index contributed by atoms with van der Waals surface area (Å²) in [5, 5.41) is 3.54. The highest BCUT2D eigenvalue weighted by molar-refractivity contribution is 5.60. The van der Waals surface area contributed by atoms with E-state index in [-0.39, 0.29) is 18.1 Å². The van der Waals surface area contributed by atoms with Crippen molar-refractivity contribution in [2.75, 3.05) is 13.2 Å². The maximum absolute atomic E-state index is 11.8. The lowest BCUT2D eigenvalue weighted by Gasteiger charge is -2.25. The van der Waals surface area contributed by atoms with E-state index in [0.717, 1.165) is 19.3 Å². The van der Waals surface area contributed by atoms with Crippen LogP contribution in [0.25, 0.3) is 0 Å². The number of ether oxygens (including phenoxy) is 2. The number of unbranched alkanes of at least 4 members (excludes halogenated alkanes) is 1. The van der Waals surface area contributed by atoms with Crippen LogP contribution in [0, 0.1) is 0 Å². The Labute approximate surface area is 155 Å². The number of carbonyl (C=O) groups is 1. The lowest BCUT2D eigenvalue weighted by atomic mass is 9.84. The number of nitrogens with one attached hydrogen (secondary N) is 1. The number of hydrogen-bond acceptors (Lipinski definition) is 4. The van der Waals surface area contributed by atoms with Crippen molar-refractivity contribution in [3.05, 3.63) is 71.8 Å². The van der Waals surface area contributed by atoms with Gasteiger partial charge in [0.15, 0.2) is 0 Å². The zero-order valence-corrected chi connectivity index (χ0v) is 15.3. The van der Waals surface area contributed by atoms with Crippen molar-refractivity contribution in [1.29, 1.82) is 0 Å². The van der Waals surface area contributed by atoms with Crippen molar-refractivity contribution < 1.29 is 14.3 Å².